The molecule has 0 aliphatic heterocycles. The third-order valence-corrected chi connectivity index (χ3v) is 7.57. The lowest BCUT2D eigenvalue weighted by molar-refractivity contribution is -0.126. The molecule has 14 nitrogen and oxygen atoms in total. The van der Waals surface area contributed by atoms with E-state index in [1.54, 1.807) is 12.1 Å². The van der Waals surface area contributed by atoms with E-state index in [1.807, 2.05) is 0 Å². The fourth-order valence-corrected chi connectivity index (χ4v) is 4.66. The Bertz CT molecular complexity index is 1030. The monoisotopic (exact) mass is 724 g/mol. The first-order valence-corrected chi connectivity index (χ1v) is 18.7. The van der Waals surface area contributed by atoms with Gasteiger partial charge in [0.1, 0.15) is 12.4 Å². The summed E-state index contributed by atoms with van der Waals surface area (Å²) in [5.74, 6) is -0.557. The lowest BCUT2D eigenvalue weighted by Crippen LogP contribution is -2.31. The summed E-state index contributed by atoms with van der Waals surface area (Å²) in [6, 6.07) is 6.43. The number of amides is 3. The molecule has 14 heteroatoms. The zero-order chi connectivity index (χ0) is 37.0. The van der Waals surface area contributed by atoms with Crippen LogP contribution in [0.25, 0.3) is 0 Å². The topological polar surface area (TPSA) is 183 Å². The minimum absolute atomic E-state index is 0.0178. The number of nitrogens with one attached hydrogen (secondary N) is 4. The molecule has 3 amide bonds. The van der Waals surface area contributed by atoms with Gasteiger partial charge < -0.3 is 50.1 Å². The summed E-state index contributed by atoms with van der Waals surface area (Å²) in [7, 11) is 0. The molecule has 1 rings (SSSR count). The average molecular weight is 725 g/mol. The summed E-state index contributed by atoms with van der Waals surface area (Å²) < 4.78 is 27.3. The molecule has 0 aliphatic rings. The molecule has 0 saturated heterocycles. The van der Waals surface area contributed by atoms with Crippen molar-refractivity contribution in [2.45, 2.75) is 84.0 Å². The smallest absolute Gasteiger partial charge is 0.335 e. The number of carbonyl (C=O) groups excluding carboxylic acids is 3. The van der Waals surface area contributed by atoms with Crippen molar-refractivity contribution in [1.29, 1.82) is 0 Å². The fraction of sp³-hybridized carbons (Fsp3) is 0.730. The first-order valence-electron chi connectivity index (χ1n) is 18.7. The molecule has 0 atom stereocenters. The number of aromatic carboxylic acids is 1. The maximum Gasteiger partial charge on any atom is 0.335 e. The van der Waals surface area contributed by atoms with Gasteiger partial charge in [-0.3, -0.25) is 14.4 Å². The van der Waals surface area contributed by atoms with E-state index in [4.69, 9.17) is 28.8 Å². The van der Waals surface area contributed by atoms with E-state index in [0.717, 1.165) is 58.0 Å². The first kappa shape index (κ1) is 45.7. The molecular weight excluding hydrogens is 660 g/mol. The molecule has 0 saturated carbocycles. The van der Waals surface area contributed by atoms with Gasteiger partial charge in [-0.15, -0.1) is 0 Å². The Kier molecular flexibility index (Phi) is 30.3. The molecule has 5 N–H and O–H groups in total. The summed E-state index contributed by atoms with van der Waals surface area (Å²) in [5, 5.41) is 20.6. The van der Waals surface area contributed by atoms with Gasteiger partial charge in [0.05, 0.1) is 58.4 Å². The van der Waals surface area contributed by atoms with Crippen LogP contribution in [-0.2, 0) is 33.3 Å². The van der Waals surface area contributed by atoms with E-state index in [-0.39, 0.29) is 36.5 Å². The molecule has 0 aromatic heterocycles. The van der Waals surface area contributed by atoms with Gasteiger partial charge in [-0.1, -0.05) is 45.4 Å². The van der Waals surface area contributed by atoms with Crippen molar-refractivity contribution >= 4 is 23.7 Å². The number of ether oxygens (including phenoxy) is 5. The molecule has 51 heavy (non-hydrogen) atoms. The Labute approximate surface area is 304 Å². The quantitative estimate of drug-likeness (QED) is 0.0639. The van der Waals surface area contributed by atoms with E-state index in [1.165, 1.54) is 25.0 Å². The molecule has 0 radical (unpaired) electrons. The van der Waals surface area contributed by atoms with Crippen molar-refractivity contribution in [3.8, 4) is 5.75 Å². The van der Waals surface area contributed by atoms with Crippen LogP contribution in [0.1, 0.15) is 94.3 Å². The van der Waals surface area contributed by atoms with Crippen LogP contribution in [0.3, 0.4) is 0 Å². The Balaban J connectivity index is 1.79. The van der Waals surface area contributed by atoms with Crippen LogP contribution in [0.4, 0.5) is 0 Å². The van der Waals surface area contributed by atoms with E-state index >= 15 is 0 Å². The van der Waals surface area contributed by atoms with Gasteiger partial charge in [0, 0.05) is 39.0 Å². The van der Waals surface area contributed by atoms with Crippen LogP contribution in [0.15, 0.2) is 24.3 Å². The minimum atomic E-state index is -0.947. The fourth-order valence-electron chi connectivity index (χ4n) is 4.66. The summed E-state index contributed by atoms with van der Waals surface area (Å²) >= 11 is 0. The number of hydrogen-bond acceptors (Lipinski definition) is 10. The van der Waals surface area contributed by atoms with Crippen molar-refractivity contribution < 1.29 is 48.0 Å². The highest BCUT2D eigenvalue weighted by Gasteiger charge is 2.05. The minimum Gasteiger partial charge on any atom is -0.494 e. The van der Waals surface area contributed by atoms with Crippen LogP contribution in [0, 0.1) is 0 Å². The highest BCUT2D eigenvalue weighted by Crippen LogP contribution is 2.14. The second-order valence-corrected chi connectivity index (χ2v) is 12.0. The van der Waals surface area contributed by atoms with Gasteiger partial charge in [-0.2, -0.15) is 0 Å². The van der Waals surface area contributed by atoms with Crippen molar-refractivity contribution in [3.05, 3.63) is 29.8 Å². The molecule has 0 spiro atoms. The lowest BCUT2D eigenvalue weighted by Gasteiger charge is -2.09. The van der Waals surface area contributed by atoms with Gasteiger partial charge >= 0.3 is 5.97 Å². The second-order valence-electron chi connectivity index (χ2n) is 12.0. The molecule has 0 aliphatic carbocycles. The maximum absolute atomic E-state index is 12.0. The first-order chi connectivity index (χ1) is 24.9. The number of carboxylic acid groups (broad SMARTS) is 1. The molecular formula is C37H64N4O10. The van der Waals surface area contributed by atoms with Gasteiger partial charge in [0.25, 0.3) is 0 Å². The largest absolute Gasteiger partial charge is 0.494 e. The molecule has 0 unspecified atom stereocenters. The van der Waals surface area contributed by atoms with Gasteiger partial charge in [-0.05, 0) is 56.5 Å². The molecule has 0 heterocycles. The van der Waals surface area contributed by atoms with Gasteiger partial charge in [0.15, 0.2) is 0 Å². The molecule has 292 valence electrons. The summed E-state index contributed by atoms with van der Waals surface area (Å²) in [6.45, 7) is 8.84. The number of carboxylic acids is 1. The molecule has 1 aromatic rings. The highest BCUT2D eigenvalue weighted by molar-refractivity contribution is 5.87. The van der Waals surface area contributed by atoms with Gasteiger partial charge in [-0.25, -0.2) is 4.79 Å². The molecule has 0 bridgehead atoms. The average Bonchev–Trinajstić information content (AvgIpc) is 3.12. The third-order valence-electron chi connectivity index (χ3n) is 7.57. The normalized spacial score (nSPS) is 10.9. The number of rotatable bonds is 36. The van der Waals surface area contributed by atoms with Crippen LogP contribution in [-0.4, -0.2) is 121 Å². The summed E-state index contributed by atoms with van der Waals surface area (Å²) in [4.78, 5) is 46.7. The number of carbonyl (C=O) groups is 4. The van der Waals surface area contributed by atoms with E-state index in [0.29, 0.717) is 90.9 Å². The van der Waals surface area contributed by atoms with E-state index < -0.39 is 5.97 Å². The lowest BCUT2D eigenvalue weighted by atomic mass is 10.1. The van der Waals surface area contributed by atoms with Crippen molar-refractivity contribution in [2.24, 2.45) is 0 Å². The Morgan fingerprint density at radius 2 is 1.06 bits per heavy atom. The third kappa shape index (κ3) is 30.1. The predicted molar refractivity (Wildman–Crippen MR) is 195 cm³/mol. The van der Waals surface area contributed by atoms with Crippen LogP contribution < -0.4 is 26.0 Å². The van der Waals surface area contributed by atoms with E-state index in [9.17, 15) is 19.2 Å². The maximum atomic E-state index is 12.0. The molecule has 0 fully saturated rings. The SMILES string of the molecule is CCCCNCCOCCOCCNC(=O)COCCOCCNC(=O)CCCNC(=O)CCCCCCCCCOc1ccc(C(=O)O)cc1. The standard InChI is InChI=1S/C37H64N4O10/c1-2-3-18-38-20-24-47-27-28-48-26-22-41-36(44)31-50-30-29-49-25-21-40-35(43)13-11-19-39-34(42)12-9-7-5-4-6-8-10-23-51-33-16-14-32(15-17-33)37(45)46/h14-17,38H,2-13,18-31H2,1H3,(H,39,42)(H,40,43)(H,41,44)(H,45,46). The van der Waals surface area contributed by atoms with Gasteiger partial charge in [0.2, 0.25) is 17.7 Å². The predicted octanol–water partition coefficient (Wildman–Crippen LogP) is 3.47. The summed E-state index contributed by atoms with van der Waals surface area (Å²) in [5.41, 5.74) is 0.247. The number of hydrogen-bond donors (Lipinski definition) is 5. The number of benzene rings is 1. The van der Waals surface area contributed by atoms with Crippen LogP contribution in [0.2, 0.25) is 0 Å². The van der Waals surface area contributed by atoms with E-state index in [2.05, 4.69) is 28.2 Å². The molecule has 1 aromatic carbocycles. The van der Waals surface area contributed by atoms with Crippen molar-refractivity contribution in [1.82, 2.24) is 21.3 Å². The van der Waals surface area contributed by atoms with Crippen LogP contribution >= 0.6 is 0 Å². The Morgan fingerprint density at radius 1 is 0.529 bits per heavy atom. The second kappa shape index (κ2) is 33.8. The zero-order valence-corrected chi connectivity index (χ0v) is 30.8. The number of unbranched alkanes of at least 4 members (excludes halogenated alkanes) is 7. The van der Waals surface area contributed by atoms with Crippen molar-refractivity contribution in [2.75, 3.05) is 92.2 Å². The van der Waals surface area contributed by atoms with Crippen LogP contribution in [0.5, 0.6) is 5.75 Å². The Hall–Kier alpha value is -3.30. The Morgan fingerprint density at radius 3 is 1.69 bits per heavy atom. The van der Waals surface area contributed by atoms with Crippen molar-refractivity contribution in [3.63, 3.8) is 0 Å². The zero-order valence-electron chi connectivity index (χ0n) is 30.8. The highest BCUT2D eigenvalue weighted by atomic mass is 16.5. The summed E-state index contributed by atoms with van der Waals surface area (Å²) in [6.07, 6.45) is 10.9.